The van der Waals surface area contributed by atoms with Gasteiger partial charge in [0.15, 0.2) is 0 Å². The van der Waals surface area contributed by atoms with Crippen LogP contribution in [0.1, 0.15) is 34.1 Å². The van der Waals surface area contributed by atoms with E-state index in [4.69, 9.17) is 0 Å². The maximum absolute atomic E-state index is 9.22. The second kappa shape index (κ2) is 3.97. The lowest BCUT2D eigenvalue weighted by molar-refractivity contribution is 0.0276. The van der Waals surface area contributed by atoms with E-state index in [1.54, 1.807) is 0 Å². The zero-order valence-electron chi connectivity index (χ0n) is 9.38. The Balaban J connectivity index is 2.55. The van der Waals surface area contributed by atoms with Gasteiger partial charge in [-0.25, -0.2) is 0 Å². The van der Waals surface area contributed by atoms with Crippen molar-refractivity contribution in [3.05, 3.63) is 0 Å². The fraction of sp³-hybridized carbons (Fsp3) is 1.00. The normalized spacial score (nSPS) is 32.1. The summed E-state index contributed by atoms with van der Waals surface area (Å²) in [4.78, 5) is 2.48. The minimum absolute atomic E-state index is 0.257. The molecular formula is C11H23NO. The number of hydrogen-bond donors (Lipinski definition) is 1. The van der Waals surface area contributed by atoms with Crippen molar-refractivity contribution in [1.82, 2.24) is 4.90 Å². The monoisotopic (exact) mass is 185 g/mol. The van der Waals surface area contributed by atoms with Crippen LogP contribution in [0.15, 0.2) is 0 Å². The van der Waals surface area contributed by atoms with Crippen LogP contribution in [-0.4, -0.2) is 35.2 Å². The van der Waals surface area contributed by atoms with E-state index in [2.05, 4.69) is 32.6 Å². The molecule has 0 bridgehead atoms. The molecule has 0 unspecified atom stereocenters. The van der Waals surface area contributed by atoms with E-state index in [1.807, 2.05) is 0 Å². The van der Waals surface area contributed by atoms with E-state index >= 15 is 0 Å². The fourth-order valence-corrected chi connectivity index (χ4v) is 2.00. The van der Waals surface area contributed by atoms with Gasteiger partial charge in [0.25, 0.3) is 0 Å². The van der Waals surface area contributed by atoms with Gasteiger partial charge in [-0.1, -0.05) is 6.92 Å². The highest BCUT2D eigenvalue weighted by molar-refractivity contribution is 4.84. The van der Waals surface area contributed by atoms with Crippen LogP contribution >= 0.6 is 0 Å². The first-order valence-corrected chi connectivity index (χ1v) is 5.31. The molecule has 1 fully saturated rings. The summed E-state index contributed by atoms with van der Waals surface area (Å²) in [6.07, 6.45) is 1.22. The van der Waals surface area contributed by atoms with E-state index in [0.29, 0.717) is 18.4 Å². The number of hydrogen-bond acceptors (Lipinski definition) is 2. The summed E-state index contributed by atoms with van der Waals surface area (Å²) in [6, 6.07) is 0. The summed E-state index contributed by atoms with van der Waals surface area (Å²) in [5, 5.41) is 9.22. The van der Waals surface area contributed by atoms with Crippen LogP contribution in [0.3, 0.4) is 0 Å². The molecule has 1 heterocycles. The number of nitrogens with zero attached hydrogens (tertiary/aromatic N) is 1. The Hall–Kier alpha value is -0.0800. The van der Waals surface area contributed by atoms with Crippen molar-refractivity contribution in [3.8, 4) is 0 Å². The summed E-state index contributed by atoms with van der Waals surface area (Å²) >= 11 is 0. The molecule has 2 atom stereocenters. The van der Waals surface area contributed by atoms with Crippen molar-refractivity contribution >= 4 is 0 Å². The van der Waals surface area contributed by atoms with Crippen LogP contribution < -0.4 is 0 Å². The molecule has 1 rings (SSSR count). The van der Waals surface area contributed by atoms with E-state index in [-0.39, 0.29) is 5.54 Å². The molecule has 1 saturated heterocycles. The number of aliphatic hydroxyl groups is 1. The molecule has 1 aliphatic rings. The van der Waals surface area contributed by atoms with E-state index in [0.717, 1.165) is 6.54 Å². The standard InChI is InChI=1S/C11H23NO/c1-9-5-6-12(11(2,3)4)7-10(9)8-13/h9-10,13H,5-8H2,1-4H3/t9-,10-/m1/s1. The van der Waals surface area contributed by atoms with Crippen LogP contribution in [-0.2, 0) is 0 Å². The number of aliphatic hydroxyl groups excluding tert-OH is 1. The molecule has 1 aliphatic heterocycles. The summed E-state index contributed by atoms with van der Waals surface area (Å²) in [7, 11) is 0. The van der Waals surface area contributed by atoms with Gasteiger partial charge in [-0.15, -0.1) is 0 Å². The number of likely N-dealkylation sites (tertiary alicyclic amines) is 1. The van der Waals surface area contributed by atoms with Gasteiger partial charge in [-0.05, 0) is 45.6 Å². The molecule has 0 saturated carbocycles. The Labute approximate surface area is 81.9 Å². The summed E-state index contributed by atoms with van der Waals surface area (Å²) < 4.78 is 0. The van der Waals surface area contributed by atoms with Gasteiger partial charge in [-0.2, -0.15) is 0 Å². The second-order valence-corrected chi connectivity index (χ2v) is 5.33. The molecule has 0 aromatic carbocycles. The average Bonchev–Trinajstić information content (AvgIpc) is 2.03. The molecule has 0 amide bonds. The topological polar surface area (TPSA) is 23.5 Å². The second-order valence-electron chi connectivity index (χ2n) is 5.33. The fourth-order valence-electron chi connectivity index (χ4n) is 2.00. The largest absolute Gasteiger partial charge is 0.396 e. The number of piperidine rings is 1. The third-order valence-corrected chi connectivity index (χ3v) is 3.30. The predicted octanol–water partition coefficient (Wildman–Crippen LogP) is 1.74. The van der Waals surface area contributed by atoms with Gasteiger partial charge in [0.1, 0.15) is 0 Å². The van der Waals surface area contributed by atoms with Crippen molar-refractivity contribution in [2.24, 2.45) is 11.8 Å². The van der Waals surface area contributed by atoms with Gasteiger partial charge >= 0.3 is 0 Å². The Kier molecular flexibility index (Phi) is 3.36. The minimum atomic E-state index is 0.257. The zero-order valence-corrected chi connectivity index (χ0v) is 9.38. The summed E-state index contributed by atoms with van der Waals surface area (Å²) in [6.45, 7) is 11.6. The molecule has 0 spiro atoms. The molecule has 13 heavy (non-hydrogen) atoms. The van der Waals surface area contributed by atoms with Crippen molar-refractivity contribution < 1.29 is 5.11 Å². The Morgan fingerprint density at radius 3 is 2.46 bits per heavy atom. The van der Waals surface area contributed by atoms with Crippen LogP contribution in [0.4, 0.5) is 0 Å². The number of rotatable bonds is 1. The van der Waals surface area contributed by atoms with Crippen molar-refractivity contribution in [3.63, 3.8) is 0 Å². The van der Waals surface area contributed by atoms with Crippen molar-refractivity contribution in [2.45, 2.75) is 39.7 Å². The maximum atomic E-state index is 9.22. The highest BCUT2D eigenvalue weighted by atomic mass is 16.3. The van der Waals surface area contributed by atoms with E-state index in [9.17, 15) is 5.11 Å². The van der Waals surface area contributed by atoms with E-state index in [1.165, 1.54) is 13.0 Å². The lowest BCUT2D eigenvalue weighted by Crippen LogP contribution is -2.50. The van der Waals surface area contributed by atoms with Crippen LogP contribution in [0.25, 0.3) is 0 Å². The van der Waals surface area contributed by atoms with Crippen molar-refractivity contribution in [2.75, 3.05) is 19.7 Å². The van der Waals surface area contributed by atoms with Crippen LogP contribution in [0.5, 0.6) is 0 Å². The summed E-state index contributed by atoms with van der Waals surface area (Å²) in [5.41, 5.74) is 0.257. The lowest BCUT2D eigenvalue weighted by atomic mass is 9.85. The van der Waals surface area contributed by atoms with Gasteiger partial charge in [0.2, 0.25) is 0 Å². The average molecular weight is 185 g/mol. The molecule has 2 heteroatoms. The predicted molar refractivity (Wildman–Crippen MR) is 55.7 cm³/mol. The zero-order chi connectivity index (χ0) is 10.1. The van der Waals surface area contributed by atoms with Gasteiger partial charge in [0, 0.05) is 18.7 Å². The SMILES string of the molecule is C[C@@H]1CCN(C(C)(C)C)C[C@@H]1CO. The first-order valence-electron chi connectivity index (χ1n) is 5.31. The van der Waals surface area contributed by atoms with Crippen molar-refractivity contribution in [1.29, 1.82) is 0 Å². The van der Waals surface area contributed by atoms with Gasteiger partial charge < -0.3 is 5.11 Å². The van der Waals surface area contributed by atoms with Gasteiger partial charge in [0.05, 0.1) is 0 Å². The smallest absolute Gasteiger partial charge is 0.0474 e. The third kappa shape index (κ3) is 2.68. The molecule has 1 N–H and O–H groups in total. The quantitative estimate of drug-likeness (QED) is 0.672. The summed E-state index contributed by atoms with van der Waals surface area (Å²) in [5.74, 6) is 1.16. The van der Waals surface area contributed by atoms with E-state index < -0.39 is 0 Å². The molecule has 2 nitrogen and oxygen atoms in total. The minimum Gasteiger partial charge on any atom is -0.396 e. The molecule has 78 valence electrons. The Bertz CT molecular complexity index is 162. The highest BCUT2D eigenvalue weighted by Crippen LogP contribution is 2.27. The molecule has 0 radical (unpaired) electrons. The highest BCUT2D eigenvalue weighted by Gasteiger charge is 2.31. The molecule has 0 aliphatic carbocycles. The maximum Gasteiger partial charge on any atom is 0.0474 e. The first-order chi connectivity index (χ1) is 5.95. The van der Waals surface area contributed by atoms with Crippen LogP contribution in [0, 0.1) is 11.8 Å². The van der Waals surface area contributed by atoms with Gasteiger partial charge in [-0.3, -0.25) is 4.90 Å². The van der Waals surface area contributed by atoms with Crippen LogP contribution in [0.2, 0.25) is 0 Å². The Morgan fingerprint density at radius 1 is 1.38 bits per heavy atom. The molecule has 0 aromatic rings. The lowest BCUT2D eigenvalue weighted by Gasteiger charge is -2.43. The Morgan fingerprint density at radius 2 is 2.00 bits per heavy atom. The third-order valence-electron chi connectivity index (χ3n) is 3.30. The molecular weight excluding hydrogens is 162 g/mol. The first kappa shape index (κ1) is 11.0. The molecule has 0 aromatic heterocycles.